The van der Waals surface area contributed by atoms with Crippen molar-refractivity contribution in [1.82, 2.24) is 10.0 Å². The van der Waals surface area contributed by atoms with Crippen molar-refractivity contribution in [3.05, 3.63) is 98.5 Å². The lowest BCUT2D eigenvalue weighted by Crippen LogP contribution is -2.52. The van der Waals surface area contributed by atoms with Crippen LogP contribution >= 0.6 is 0 Å². The highest BCUT2D eigenvalue weighted by atomic mass is 16.6. The van der Waals surface area contributed by atoms with Crippen molar-refractivity contribution < 1.29 is 14.5 Å². The van der Waals surface area contributed by atoms with Gasteiger partial charge < -0.3 is 10.5 Å². The molecule has 1 aliphatic carbocycles. The van der Waals surface area contributed by atoms with Gasteiger partial charge in [-0.25, -0.2) is 5.01 Å². The Bertz CT molecular complexity index is 1260. The van der Waals surface area contributed by atoms with Crippen LogP contribution < -0.4 is 5.73 Å². The fraction of sp³-hybridized carbons (Fsp3) is 0.308. The summed E-state index contributed by atoms with van der Waals surface area (Å²) in [4.78, 5) is 24.5. The number of morpholine rings is 1. The Morgan fingerprint density at radius 2 is 1.71 bits per heavy atom. The summed E-state index contributed by atoms with van der Waals surface area (Å²) in [6.07, 6.45) is 0.910. The molecule has 5 rings (SSSR count). The molecule has 2 heterocycles. The van der Waals surface area contributed by atoms with Gasteiger partial charge in [0.1, 0.15) is 5.82 Å². The average molecular weight is 472 g/mol. The summed E-state index contributed by atoms with van der Waals surface area (Å²) >= 11 is 0. The number of nitriles is 1. The molecule has 2 aromatic carbocycles. The number of ether oxygens (including phenoxy) is 1. The molecule has 3 aliphatic rings. The van der Waals surface area contributed by atoms with Gasteiger partial charge in [-0.15, -0.1) is 0 Å². The molecule has 2 unspecified atom stereocenters. The minimum absolute atomic E-state index is 0.0139. The number of allylic oxidation sites excluding steroid dienone is 3. The minimum atomic E-state index is -0.669. The van der Waals surface area contributed by atoms with Gasteiger partial charge in [0, 0.05) is 42.9 Å². The molecule has 1 fully saturated rings. The highest BCUT2D eigenvalue weighted by Crippen LogP contribution is 2.48. The molecular formula is C26H25N5O4. The molecular weight excluding hydrogens is 446 g/mol. The third-order valence-corrected chi connectivity index (χ3v) is 6.92. The number of hydrogen-bond donors (Lipinski definition) is 1. The average Bonchev–Trinajstić information content (AvgIpc) is 2.89. The Balaban J connectivity index is 1.65. The fourth-order valence-corrected chi connectivity index (χ4v) is 5.27. The van der Waals surface area contributed by atoms with Crippen LogP contribution in [0.1, 0.15) is 35.8 Å². The number of nitrogens with two attached hydrogens (primary N) is 1. The van der Waals surface area contributed by atoms with Crippen molar-refractivity contribution in [1.29, 1.82) is 5.26 Å². The SMILES string of the molecule is N#CC1=C(N)N(N2CCOCC2)C2=C(C(=O)CC(c3ccccc3)C2)C1c1ccc([N+](=O)[O-])cc1. The molecule has 0 radical (unpaired) electrons. The molecule has 0 amide bonds. The number of nitro benzene ring substituents is 1. The first-order valence-corrected chi connectivity index (χ1v) is 11.6. The standard InChI is InChI=1S/C26H25N5O4/c27-16-21-24(18-6-8-20(9-7-18)31(33)34)25-22(30(26(21)28)29-10-12-35-13-11-29)14-19(15-23(25)32)17-4-2-1-3-5-17/h1-9,19,24H,10-15,28H2. The first-order valence-electron chi connectivity index (χ1n) is 11.6. The van der Waals surface area contributed by atoms with Crippen molar-refractivity contribution in [2.45, 2.75) is 24.7 Å². The number of ketones is 1. The Kier molecular flexibility index (Phi) is 6.07. The largest absolute Gasteiger partial charge is 0.383 e. The molecule has 0 bridgehead atoms. The Morgan fingerprint density at radius 3 is 2.34 bits per heavy atom. The van der Waals surface area contributed by atoms with E-state index in [1.165, 1.54) is 12.1 Å². The molecule has 0 saturated carbocycles. The van der Waals surface area contributed by atoms with Crippen molar-refractivity contribution in [3.63, 3.8) is 0 Å². The fourth-order valence-electron chi connectivity index (χ4n) is 5.27. The van der Waals surface area contributed by atoms with Crippen LogP contribution in [0.15, 0.2) is 77.3 Å². The lowest BCUT2D eigenvalue weighted by atomic mass is 9.72. The molecule has 0 aromatic heterocycles. The third-order valence-electron chi connectivity index (χ3n) is 6.92. The third kappa shape index (κ3) is 4.07. The summed E-state index contributed by atoms with van der Waals surface area (Å²) in [5.41, 5.74) is 9.92. The van der Waals surface area contributed by atoms with Crippen LogP contribution in [0.3, 0.4) is 0 Å². The van der Waals surface area contributed by atoms with Gasteiger partial charge in [0.2, 0.25) is 0 Å². The van der Waals surface area contributed by atoms with Crippen LogP contribution in [0.2, 0.25) is 0 Å². The highest BCUT2D eigenvalue weighted by molar-refractivity contribution is 6.00. The number of hydrazine groups is 1. The number of benzene rings is 2. The van der Waals surface area contributed by atoms with Gasteiger partial charge in [0.15, 0.2) is 5.78 Å². The lowest BCUT2D eigenvalue weighted by molar-refractivity contribution is -0.384. The van der Waals surface area contributed by atoms with Crippen LogP contribution in [0.4, 0.5) is 5.69 Å². The first-order chi connectivity index (χ1) is 17.0. The van der Waals surface area contributed by atoms with Gasteiger partial charge in [-0.05, 0) is 23.5 Å². The highest BCUT2D eigenvalue weighted by Gasteiger charge is 2.44. The Labute approximate surface area is 202 Å². The predicted octanol–water partition coefficient (Wildman–Crippen LogP) is 3.34. The molecule has 0 spiro atoms. The quantitative estimate of drug-likeness (QED) is 0.532. The molecule has 9 heteroatoms. The summed E-state index contributed by atoms with van der Waals surface area (Å²) in [6.45, 7) is 2.22. The number of nitrogens with zero attached hydrogens (tertiary/aromatic N) is 4. The van der Waals surface area contributed by atoms with Crippen molar-refractivity contribution in [3.8, 4) is 6.07 Å². The predicted molar refractivity (Wildman–Crippen MR) is 127 cm³/mol. The number of carbonyl (C=O) groups is 1. The maximum atomic E-state index is 13.8. The van der Waals surface area contributed by atoms with E-state index in [0.29, 0.717) is 50.3 Å². The second-order valence-electron chi connectivity index (χ2n) is 8.87. The summed E-state index contributed by atoms with van der Waals surface area (Å²) in [7, 11) is 0. The Morgan fingerprint density at radius 1 is 1.03 bits per heavy atom. The summed E-state index contributed by atoms with van der Waals surface area (Å²) in [5, 5.41) is 25.2. The van der Waals surface area contributed by atoms with E-state index in [2.05, 4.69) is 6.07 Å². The van der Waals surface area contributed by atoms with E-state index >= 15 is 0 Å². The summed E-state index contributed by atoms with van der Waals surface area (Å²) in [5.74, 6) is -0.433. The number of rotatable bonds is 4. The number of carbonyl (C=O) groups excluding carboxylic acids is 1. The zero-order chi connectivity index (χ0) is 24.5. The first kappa shape index (κ1) is 22.8. The van der Waals surface area contributed by atoms with Gasteiger partial charge in [-0.3, -0.25) is 19.9 Å². The molecule has 9 nitrogen and oxygen atoms in total. The van der Waals surface area contributed by atoms with Gasteiger partial charge in [-0.2, -0.15) is 5.26 Å². The summed E-state index contributed by atoms with van der Waals surface area (Å²) < 4.78 is 5.52. The van der Waals surface area contributed by atoms with Gasteiger partial charge in [-0.1, -0.05) is 42.5 Å². The van der Waals surface area contributed by atoms with Gasteiger partial charge >= 0.3 is 0 Å². The second-order valence-corrected chi connectivity index (χ2v) is 8.87. The van der Waals surface area contributed by atoms with Crippen molar-refractivity contribution >= 4 is 11.5 Å². The molecule has 2 aliphatic heterocycles. The van der Waals surface area contributed by atoms with E-state index in [9.17, 15) is 20.2 Å². The maximum Gasteiger partial charge on any atom is 0.269 e. The minimum Gasteiger partial charge on any atom is -0.383 e. The molecule has 35 heavy (non-hydrogen) atoms. The smallest absolute Gasteiger partial charge is 0.269 e. The monoisotopic (exact) mass is 471 g/mol. The van der Waals surface area contributed by atoms with E-state index in [0.717, 1.165) is 11.3 Å². The topological polar surface area (TPSA) is 126 Å². The maximum absolute atomic E-state index is 13.8. The van der Waals surface area contributed by atoms with E-state index in [-0.39, 0.29) is 28.8 Å². The molecule has 178 valence electrons. The Hall–Kier alpha value is -4.00. The van der Waals surface area contributed by atoms with Crippen LogP contribution in [-0.4, -0.2) is 47.0 Å². The van der Waals surface area contributed by atoms with Crippen molar-refractivity contribution in [2.24, 2.45) is 5.73 Å². The molecule has 1 saturated heterocycles. The van der Waals surface area contributed by atoms with Gasteiger partial charge in [0.05, 0.1) is 35.7 Å². The number of Topliss-reactive ketones (excluding diaryl/α,β-unsaturated/α-hetero) is 1. The van der Waals surface area contributed by atoms with Crippen LogP contribution in [0.25, 0.3) is 0 Å². The summed E-state index contributed by atoms with van der Waals surface area (Å²) in [6, 6.07) is 18.2. The number of hydrogen-bond acceptors (Lipinski definition) is 8. The van der Waals surface area contributed by atoms with Crippen LogP contribution in [-0.2, 0) is 9.53 Å². The molecule has 2 aromatic rings. The van der Waals surface area contributed by atoms with E-state index in [1.54, 1.807) is 12.1 Å². The van der Waals surface area contributed by atoms with E-state index in [1.807, 2.05) is 40.3 Å². The zero-order valence-electron chi connectivity index (χ0n) is 19.1. The van der Waals surface area contributed by atoms with Crippen LogP contribution in [0, 0.1) is 21.4 Å². The lowest BCUT2D eigenvalue weighted by Gasteiger charge is -2.47. The van der Waals surface area contributed by atoms with E-state index in [4.69, 9.17) is 10.5 Å². The zero-order valence-corrected chi connectivity index (χ0v) is 19.1. The van der Waals surface area contributed by atoms with E-state index < -0.39 is 10.8 Å². The number of nitro groups is 1. The van der Waals surface area contributed by atoms with Crippen molar-refractivity contribution in [2.75, 3.05) is 26.3 Å². The van der Waals surface area contributed by atoms with Gasteiger partial charge in [0.25, 0.3) is 5.69 Å². The van der Waals surface area contributed by atoms with Crippen LogP contribution in [0.5, 0.6) is 0 Å². The second kappa shape index (κ2) is 9.33. The molecule has 2 atom stereocenters. The number of non-ortho nitro benzene ring substituents is 1. The molecule has 2 N–H and O–H groups in total. The normalized spacial score (nSPS) is 23.2.